The molecule has 87 heavy (non-hydrogen) atoms. The van der Waals surface area contributed by atoms with Gasteiger partial charge in [0.05, 0.1) is 26.4 Å². The molecule has 17 nitrogen and oxygen atoms in total. The van der Waals surface area contributed by atoms with Gasteiger partial charge in [0.25, 0.3) is 0 Å². The Morgan fingerprint density at radius 2 is 0.552 bits per heavy atom. The highest BCUT2D eigenvalue weighted by Crippen LogP contribution is 2.45. The highest BCUT2D eigenvalue weighted by molar-refractivity contribution is 7.47. The lowest BCUT2D eigenvalue weighted by Gasteiger charge is -2.21. The Morgan fingerprint density at radius 1 is 0.322 bits per heavy atom. The number of phosphoric acid groups is 2. The average Bonchev–Trinajstić information content (AvgIpc) is 3.63. The third kappa shape index (κ3) is 61.3. The molecule has 0 saturated carbocycles. The van der Waals surface area contributed by atoms with Crippen LogP contribution in [-0.2, 0) is 65.4 Å². The molecule has 0 aromatic heterocycles. The number of hydrogen-bond acceptors (Lipinski definition) is 15. The van der Waals surface area contributed by atoms with Crippen molar-refractivity contribution in [1.29, 1.82) is 0 Å². The summed E-state index contributed by atoms with van der Waals surface area (Å²) in [5.41, 5.74) is 0. The van der Waals surface area contributed by atoms with Crippen LogP contribution >= 0.6 is 15.6 Å². The van der Waals surface area contributed by atoms with Gasteiger partial charge < -0.3 is 33.8 Å². The van der Waals surface area contributed by atoms with Crippen LogP contribution in [0.1, 0.15) is 331 Å². The number of ether oxygens (including phenoxy) is 4. The van der Waals surface area contributed by atoms with Crippen molar-refractivity contribution in [3.8, 4) is 0 Å². The molecule has 3 unspecified atom stereocenters. The van der Waals surface area contributed by atoms with Crippen molar-refractivity contribution in [3.63, 3.8) is 0 Å². The van der Waals surface area contributed by atoms with Gasteiger partial charge in [0, 0.05) is 25.7 Å². The van der Waals surface area contributed by atoms with E-state index in [1.54, 1.807) is 0 Å². The van der Waals surface area contributed by atoms with E-state index in [1.807, 2.05) is 0 Å². The summed E-state index contributed by atoms with van der Waals surface area (Å²) in [4.78, 5) is 72.4. The van der Waals surface area contributed by atoms with Crippen LogP contribution in [0.15, 0.2) is 0 Å². The highest BCUT2D eigenvalue weighted by Gasteiger charge is 2.30. The first kappa shape index (κ1) is 85.1. The molecule has 3 N–H and O–H groups in total. The van der Waals surface area contributed by atoms with Crippen LogP contribution < -0.4 is 0 Å². The number of phosphoric ester groups is 2. The maximum Gasteiger partial charge on any atom is 0.472 e. The van der Waals surface area contributed by atoms with E-state index in [9.17, 15) is 43.2 Å². The second-order valence-corrected chi connectivity index (χ2v) is 29.1. The molecule has 6 atom stereocenters. The van der Waals surface area contributed by atoms with Gasteiger partial charge in [-0.1, -0.05) is 280 Å². The van der Waals surface area contributed by atoms with Gasteiger partial charge in [0.15, 0.2) is 12.2 Å². The zero-order valence-electron chi connectivity index (χ0n) is 56.6. The number of carbonyl (C=O) groups excluding carboxylic acids is 4. The van der Waals surface area contributed by atoms with Crippen LogP contribution in [0.5, 0.6) is 0 Å². The average molecular weight is 1280 g/mol. The molecular formula is C68H132O17P2. The monoisotopic (exact) mass is 1280 g/mol. The van der Waals surface area contributed by atoms with E-state index in [0.717, 1.165) is 114 Å². The smallest absolute Gasteiger partial charge is 0.462 e. The Hall–Kier alpha value is -1.94. The molecule has 0 radical (unpaired) electrons. The van der Waals surface area contributed by atoms with Crippen molar-refractivity contribution in [2.75, 3.05) is 39.6 Å². The summed E-state index contributed by atoms with van der Waals surface area (Å²) in [6, 6.07) is 0. The lowest BCUT2D eigenvalue weighted by molar-refractivity contribution is -0.161. The number of carbonyl (C=O) groups is 4. The molecule has 0 aliphatic rings. The SMILES string of the molecule is CCC(C)CCCCCCCCC(=O)OC[C@H](COP(=O)(O)OC[C@H](O)COP(=O)(O)OC[C@@H](COC(=O)CCCCCCCCCCCCCCC(C)C)OC(=O)CCCCCCCCCC(C)C)OC(=O)CCCCCCCCCCCC(C)C. The van der Waals surface area contributed by atoms with E-state index in [1.165, 1.54) is 128 Å². The number of aliphatic hydroxyl groups is 1. The maximum absolute atomic E-state index is 13.0. The Labute approximate surface area is 530 Å². The van der Waals surface area contributed by atoms with Crippen molar-refractivity contribution in [1.82, 2.24) is 0 Å². The lowest BCUT2D eigenvalue weighted by atomic mass is 10.00. The Kier molecular flexibility index (Phi) is 56.6. The molecule has 0 heterocycles. The number of hydrogen-bond donors (Lipinski definition) is 3. The molecular weight excluding hydrogens is 1150 g/mol. The number of rotatable bonds is 65. The largest absolute Gasteiger partial charge is 0.472 e. The van der Waals surface area contributed by atoms with E-state index >= 15 is 0 Å². The van der Waals surface area contributed by atoms with E-state index in [4.69, 9.17) is 37.0 Å². The fraction of sp³-hybridized carbons (Fsp3) is 0.941. The van der Waals surface area contributed by atoms with Crippen molar-refractivity contribution < 1.29 is 80.2 Å². The summed E-state index contributed by atoms with van der Waals surface area (Å²) < 4.78 is 68.2. The zero-order chi connectivity index (χ0) is 64.7. The van der Waals surface area contributed by atoms with Crippen molar-refractivity contribution >= 4 is 39.5 Å². The van der Waals surface area contributed by atoms with Crippen LogP contribution in [0.3, 0.4) is 0 Å². The fourth-order valence-corrected chi connectivity index (χ4v) is 11.7. The topological polar surface area (TPSA) is 237 Å². The third-order valence-corrected chi connectivity index (χ3v) is 17.8. The molecule has 0 aromatic carbocycles. The van der Waals surface area contributed by atoms with Crippen LogP contribution in [0.4, 0.5) is 0 Å². The first-order valence-corrected chi connectivity index (χ1v) is 38.2. The standard InChI is InChI=1S/C68H132O17P2/c1-9-61(8)47-39-31-26-27-33-41-49-66(71)79-55-64(84-67(72)50-42-34-24-18-14-16-21-29-37-45-59(4)5)57-83-87(76,77)81-53-62(69)52-80-86(74,75)82-56-63(85-68(73)51-43-35-25-19-22-30-38-46-60(6)7)54-78-65(70)48-40-32-23-17-13-11-10-12-15-20-28-36-44-58(2)3/h58-64,69H,9-57H2,1-8H3,(H,74,75)(H,76,77)/t61?,62-,63-,64-/m1/s1. The normalized spacial score (nSPS) is 14.6. The van der Waals surface area contributed by atoms with Gasteiger partial charge in [-0.3, -0.25) is 37.3 Å². The van der Waals surface area contributed by atoms with Crippen LogP contribution in [0.2, 0.25) is 0 Å². The van der Waals surface area contributed by atoms with Gasteiger partial charge in [-0.15, -0.1) is 0 Å². The van der Waals surface area contributed by atoms with E-state index in [0.29, 0.717) is 31.6 Å². The third-order valence-electron chi connectivity index (χ3n) is 15.9. The lowest BCUT2D eigenvalue weighted by Crippen LogP contribution is -2.30. The van der Waals surface area contributed by atoms with E-state index < -0.39 is 97.5 Å². The Morgan fingerprint density at radius 3 is 0.816 bits per heavy atom. The molecule has 0 amide bonds. The Balaban J connectivity index is 5.23. The highest BCUT2D eigenvalue weighted by atomic mass is 31.2. The second kappa shape index (κ2) is 57.9. The molecule has 0 fully saturated rings. The van der Waals surface area contributed by atoms with Gasteiger partial charge in [0.1, 0.15) is 19.3 Å². The van der Waals surface area contributed by atoms with Crippen LogP contribution in [-0.4, -0.2) is 96.7 Å². The van der Waals surface area contributed by atoms with Gasteiger partial charge in [-0.05, 0) is 49.4 Å². The molecule has 19 heteroatoms. The summed E-state index contributed by atoms with van der Waals surface area (Å²) >= 11 is 0. The molecule has 0 bridgehead atoms. The summed E-state index contributed by atoms with van der Waals surface area (Å²) in [6.45, 7) is 14.0. The van der Waals surface area contributed by atoms with Crippen molar-refractivity contribution in [3.05, 3.63) is 0 Å². The molecule has 0 spiro atoms. The second-order valence-electron chi connectivity index (χ2n) is 26.2. The molecule has 516 valence electrons. The summed E-state index contributed by atoms with van der Waals surface area (Å²) in [5, 5.41) is 10.6. The van der Waals surface area contributed by atoms with E-state index in [2.05, 4.69) is 55.4 Å². The van der Waals surface area contributed by atoms with Gasteiger partial charge in [-0.2, -0.15) is 0 Å². The van der Waals surface area contributed by atoms with Crippen LogP contribution in [0.25, 0.3) is 0 Å². The molecule has 0 aliphatic heterocycles. The first-order chi connectivity index (χ1) is 41.6. The molecule has 0 aromatic rings. The Bertz CT molecular complexity index is 1730. The predicted octanol–water partition coefficient (Wildman–Crippen LogP) is 18.9. The van der Waals surface area contributed by atoms with Crippen molar-refractivity contribution in [2.45, 2.75) is 350 Å². The van der Waals surface area contributed by atoms with E-state index in [-0.39, 0.29) is 25.7 Å². The van der Waals surface area contributed by atoms with Crippen LogP contribution in [0, 0.1) is 23.7 Å². The summed E-state index contributed by atoms with van der Waals surface area (Å²) in [7, 11) is -9.90. The minimum atomic E-state index is -4.95. The summed E-state index contributed by atoms with van der Waals surface area (Å²) in [5.74, 6) is 0.809. The number of unbranched alkanes of at least 4 members (excludes halogenated alkanes) is 30. The number of esters is 4. The minimum Gasteiger partial charge on any atom is -0.462 e. The summed E-state index contributed by atoms with van der Waals surface area (Å²) in [6.07, 6.45) is 39.1. The van der Waals surface area contributed by atoms with Crippen molar-refractivity contribution in [2.24, 2.45) is 23.7 Å². The van der Waals surface area contributed by atoms with Gasteiger partial charge in [-0.25, -0.2) is 9.13 Å². The zero-order valence-corrected chi connectivity index (χ0v) is 58.4. The number of aliphatic hydroxyl groups excluding tert-OH is 1. The fourth-order valence-electron chi connectivity index (χ4n) is 10.1. The predicted molar refractivity (Wildman–Crippen MR) is 349 cm³/mol. The maximum atomic E-state index is 13.0. The quantitative estimate of drug-likeness (QED) is 0.0222. The first-order valence-electron chi connectivity index (χ1n) is 35.2. The minimum absolute atomic E-state index is 0.103. The van der Waals surface area contributed by atoms with Gasteiger partial charge in [0.2, 0.25) is 0 Å². The van der Waals surface area contributed by atoms with Gasteiger partial charge >= 0.3 is 39.5 Å². The molecule has 0 rings (SSSR count). The molecule has 0 saturated heterocycles. The molecule has 0 aliphatic carbocycles.